The van der Waals surface area contributed by atoms with Gasteiger partial charge in [-0.05, 0) is 24.0 Å². The zero-order valence-electron chi connectivity index (χ0n) is 14.7. The number of carbonyl (C=O) groups excluding carboxylic acids is 2. The molecule has 136 valence electrons. The number of carboxylic acids is 1. The molecule has 0 radical (unpaired) electrons. The molecule has 2 rings (SSSR count). The quantitative estimate of drug-likeness (QED) is 0.674. The van der Waals surface area contributed by atoms with Gasteiger partial charge in [0.25, 0.3) is 5.91 Å². The second kappa shape index (κ2) is 7.97. The van der Waals surface area contributed by atoms with E-state index in [2.05, 4.69) is 19.2 Å². The molecule has 0 bridgehead atoms. The Balaban J connectivity index is 2.45. The topological polar surface area (TPSA) is 109 Å². The van der Waals surface area contributed by atoms with Gasteiger partial charge in [-0.3, -0.25) is 9.59 Å². The maximum Gasteiger partial charge on any atom is 0.328 e. The Labute approximate surface area is 155 Å². The van der Waals surface area contributed by atoms with Crippen molar-refractivity contribution >= 4 is 34.1 Å². The van der Waals surface area contributed by atoms with Crippen LogP contribution in [0.1, 0.15) is 40.6 Å². The molecule has 1 aromatic heterocycles. The lowest BCUT2D eigenvalue weighted by Crippen LogP contribution is -2.16. The minimum absolute atomic E-state index is 0.224. The fourth-order valence-corrected chi connectivity index (χ4v) is 3.64. The van der Waals surface area contributed by atoms with Crippen molar-refractivity contribution in [2.75, 3.05) is 5.32 Å². The third-order valence-electron chi connectivity index (χ3n) is 3.81. The molecule has 26 heavy (non-hydrogen) atoms. The van der Waals surface area contributed by atoms with E-state index in [1.165, 1.54) is 16.9 Å². The normalized spacial score (nSPS) is 11.1. The van der Waals surface area contributed by atoms with E-state index in [9.17, 15) is 14.4 Å². The molecule has 0 aliphatic heterocycles. The summed E-state index contributed by atoms with van der Waals surface area (Å²) in [6, 6.07) is 7.84. The molecule has 7 heteroatoms. The first kappa shape index (κ1) is 19.4. The Hall–Kier alpha value is -2.93. The largest absolute Gasteiger partial charge is 0.478 e. The van der Waals surface area contributed by atoms with Crippen molar-refractivity contribution in [1.29, 1.82) is 0 Å². The number of hydrogen-bond donors (Lipinski definition) is 3. The number of carboxylic acid groups (broad SMARTS) is 1. The number of nitrogens with two attached hydrogens (primary N) is 1. The predicted octanol–water partition coefficient (Wildman–Crippen LogP) is 3.53. The molecule has 0 aliphatic carbocycles. The SMILES string of the molecule is Cc1sc(NC(=O)/C=C/C(=O)O)c(C(N)=O)c1-c1ccc(C(C)C)cc1. The van der Waals surface area contributed by atoms with E-state index in [-0.39, 0.29) is 5.56 Å². The van der Waals surface area contributed by atoms with Crippen molar-refractivity contribution in [2.45, 2.75) is 26.7 Å². The summed E-state index contributed by atoms with van der Waals surface area (Å²) in [5.74, 6) is -2.14. The molecule has 1 heterocycles. The summed E-state index contributed by atoms with van der Waals surface area (Å²) in [5.41, 5.74) is 8.45. The number of thiophene rings is 1. The number of carbonyl (C=O) groups is 3. The van der Waals surface area contributed by atoms with Crippen LogP contribution in [0.3, 0.4) is 0 Å². The van der Waals surface area contributed by atoms with Gasteiger partial charge in [-0.25, -0.2) is 4.79 Å². The van der Waals surface area contributed by atoms with Gasteiger partial charge in [0.05, 0.1) is 5.56 Å². The van der Waals surface area contributed by atoms with Gasteiger partial charge in [-0.15, -0.1) is 11.3 Å². The van der Waals surface area contributed by atoms with E-state index in [0.717, 1.165) is 22.6 Å². The van der Waals surface area contributed by atoms with E-state index < -0.39 is 17.8 Å². The molecule has 2 amide bonds. The van der Waals surface area contributed by atoms with Crippen molar-refractivity contribution in [3.05, 3.63) is 52.4 Å². The standard InChI is InChI=1S/C19H20N2O4S/c1-10(2)12-4-6-13(7-5-12)16-11(3)26-19(17(16)18(20)25)21-14(22)8-9-15(23)24/h4-10H,1-3H3,(H2,20,25)(H,21,22)(H,23,24)/b9-8+. The first-order chi connectivity index (χ1) is 12.2. The zero-order valence-corrected chi connectivity index (χ0v) is 15.5. The van der Waals surface area contributed by atoms with Crippen LogP contribution in [0.5, 0.6) is 0 Å². The van der Waals surface area contributed by atoms with Crippen LogP contribution in [0, 0.1) is 6.92 Å². The van der Waals surface area contributed by atoms with E-state index >= 15 is 0 Å². The fourth-order valence-electron chi connectivity index (χ4n) is 2.55. The Bertz CT molecular complexity index is 880. The first-order valence-electron chi connectivity index (χ1n) is 7.96. The lowest BCUT2D eigenvalue weighted by Gasteiger charge is -2.09. The number of anilines is 1. The number of nitrogens with one attached hydrogen (secondary N) is 1. The highest BCUT2D eigenvalue weighted by Crippen LogP contribution is 2.40. The second-order valence-electron chi connectivity index (χ2n) is 6.04. The van der Waals surface area contributed by atoms with Gasteiger partial charge in [0, 0.05) is 22.6 Å². The minimum Gasteiger partial charge on any atom is -0.478 e. The average molecular weight is 372 g/mol. The van der Waals surface area contributed by atoms with Gasteiger partial charge in [-0.2, -0.15) is 0 Å². The third-order valence-corrected chi connectivity index (χ3v) is 4.83. The van der Waals surface area contributed by atoms with Gasteiger partial charge >= 0.3 is 5.97 Å². The number of aryl methyl sites for hydroxylation is 1. The molecule has 0 unspecified atom stereocenters. The van der Waals surface area contributed by atoms with Gasteiger partial charge in [0.2, 0.25) is 5.91 Å². The summed E-state index contributed by atoms with van der Waals surface area (Å²) < 4.78 is 0. The summed E-state index contributed by atoms with van der Waals surface area (Å²) in [5, 5.41) is 11.4. The molecule has 4 N–H and O–H groups in total. The second-order valence-corrected chi connectivity index (χ2v) is 7.26. The maximum atomic E-state index is 12.0. The molecule has 1 aromatic carbocycles. The minimum atomic E-state index is -1.23. The molecule has 0 aliphatic rings. The summed E-state index contributed by atoms with van der Waals surface area (Å²) in [6.07, 6.45) is 1.62. The predicted molar refractivity (Wildman–Crippen MR) is 103 cm³/mol. The Morgan fingerprint density at radius 3 is 2.27 bits per heavy atom. The molecule has 2 aromatic rings. The highest BCUT2D eigenvalue weighted by molar-refractivity contribution is 7.17. The van der Waals surface area contributed by atoms with E-state index in [4.69, 9.17) is 10.8 Å². The van der Waals surface area contributed by atoms with Gasteiger partial charge < -0.3 is 16.2 Å². The monoisotopic (exact) mass is 372 g/mol. The molecule has 0 atom stereocenters. The molecule has 6 nitrogen and oxygen atoms in total. The van der Waals surface area contributed by atoms with E-state index in [0.29, 0.717) is 16.5 Å². The summed E-state index contributed by atoms with van der Waals surface area (Å²) in [7, 11) is 0. The molecule has 0 saturated heterocycles. The van der Waals surface area contributed by atoms with Crippen molar-refractivity contribution < 1.29 is 19.5 Å². The van der Waals surface area contributed by atoms with Crippen LogP contribution in [0.2, 0.25) is 0 Å². The lowest BCUT2D eigenvalue weighted by molar-refractivity contribution is -0.131. The number of hydrogen-bond acceptors (Lipinski definition) is 4. The van der Waals surface area contributed by atoms with Crippen LogP contribution in [-0.2, 0) is 9.59 Å². The van der Waals surface area contributed by atoms with Crippen molar-refractivity contribution in [1.82, 2.24) is 0 Å². The number of aliphatic carboxylic acids is 1. The Morgan fingerprint density at radius 1 is 1.15 bits per heavy atom. The maximum absolute atomic E-state index is 12.0. The van der Waals surface area contributed by atoms with Crippen LogP contribution < -0.4 is 11.1 Å². The van der Waals surface area contributed by atoms with Crippen LogP contribution in [0.25, 0.3) is 11.1 Å². The third kappa shape index (κ3) is 4.37. The number of primary amides is 1. The highest BCUT2D eigenvalue weighted by atomic mass is 32.1. The molecule has 0 fully saturated rings. The van der Waals surface area contributed by atoms with Crippen molar-refractivity contribution in [3.8, 4) is 11.1 Å². The lowest BCUT2D eigenvalue weighted by atomic mass is 9.96. The average Bonchev–Trinajstić information content (AvgIpc) is 2.89. The number of benzene rings is 1. The highest BCUT2D eigenvalue weighted by Gasteiger charge is 2.22. The van der Waals surface area contributed by atoms with Gasteiger partial charge in [0.1, 0.15) is 5.00 Å². The Kier molecular flexibility index (Phi) is 5.94. The van der Waals surface area contributed by atoms with Crippen molar-refractivity contribution in [3.63, 3.8) is 0 Å². The molecule has 0 saturated carbocycles. The van der Waals surface area contributed by atoms with Crippen LogP contribution in [0.15, 0.2) is 36.4 Å². The first-order valence-corrected chi connectivity index (χ1v) is 8.77. The van der Waals surface area contributed by atoms with Gasteiger partial charge in [-0.1, -0.05) is 38.1 Å². The summed E-state index contributed by atoms with van der Waals surface area (Å²) in [4.78, 5) is 35.2. The van der Waals surface area contributed by atoms with Crippen LogP contribution >= 0.6 is 11.3 Å². The van der Waals surface area contributed by atoms with Crippen LogP contribution in [0.4, 0.5) is 5.00 Å². The fraction of sp³-hybridized carbons (Fsp3) is 0.211. The summed E-state index contributed by atoms with van der Waals surface area (Å²) >= 11 is 1.22. The summed E-state index contributed by atoms with van der Waals surface area (Å²) in [6.45, 7) is 6.03. The van der Waals surface area contributed by atoms with E-state index in [1.54, 1.807) is 0 Å². The van der Waals surface area contributed by atoms with Gasteiger partial charge in [0.15, 0.2) is 0 Å². The molecule has 0 spiro atoms. The van der Waals surface area contributed by atoms with E-state index in [1.807, 2.05) is 31.2 Å². The van der Waals surface area contributed by atoms with Crippen LogP contribution in [-0.4, -0.2) is 22.9 Å². The number of rotatable bonds is 6. The molecular formula is C19H20N2O4S. The number of amides is 2. The molecular weight excluding hydrogens is 352 g/mol. The smallest absolute Gasteiger partial charge is 0.328 e. The zero-order chi connectivity index (χ0) is 19.4. The Morgan fingerprint density at radius 2 is 1.77 bits per heavy atom. The van der Waals surface area contributed by atoms with Crippen molar-refractivity contribution in [2.24, 2.45) is 5.73 Å².